The molecule has 3 aromatic rings. The molecule has 8 nitrogen and oxygen atoms in total. The number of para-hydroxylation sites is 2. The first-order chi connectivity index (χ1) is 14.9. The third-order valence-corrected chi connectivity index (χ3v) is 5.95. The maximum atomic E-state index is 12.6. The normalized spacial score (nSPS) is 11.2. The largest absolute Gasteiger partial charge is 0.493 e. The van der Waals surface area contributed by atoms with Crippen LogP contribution in [0.15, 0.2) is 76.2 Å². The van der Waals surface area contributed by atoms with Crippen molar-refractivity contribution in [2.75, 3.05) is 27.3 Å². The molecule has 0 bridgehead atoms. The first-order valence-corrected chi connectivity index (χ1v) is 11.0. The molecule has 0 saturated carbocycles. The van der Waals surface area contributed by atoms with Gasteiger partial charge in [0.25, 0.3) is 5.91 Å². The van der Waals surface area contributed by atoms with Crippen molar-refractivity contribution in [3.8, 4) is 11.5 Å². The van der Waals surface area contributed by atoms with Gasteiger partial charge in [-0.05, 0) is 48.5 Å². The minimum Gasteiger partial charge on any atom is -0.493 e. The monoisotopic (exact) mass is 444 g/mol. The van der Waals surface area contributed by atoms with E-state index in [4.69, 9.17) is 13.9 Å². The van der Waals surface area contributed by atoms with Crippen LogP contribution in [0.3, 0.4) is 0 Å². The lowest BCUT2D eigenvalue weighted by Crippen LogP contribution is -2.31. The Bertz CT molecular complexity index is 1100. The number of carbonyl (C=O) groups is 1. The number of sulfonamides is 1. The van der Waals surface area contributed by atoms with Crippen molar-refractivity contribution in [1.82, 2.24) is 9.62 Å². The zero-order valence-corrected chi connectivity index (χ0v) is 18.1. The van der Waals surface area contributed by atoms with E-state index in [1.54, 1.807) is 38.4 Å². The number of hydrogen-bond donors (Lipinski definition) is 1. The topological polar surface area (TPSA) is 98.1 Å². The summed E-state index contributed by atoms with van der Waals surface area (Å²) in [6, 6.07) is 16.4. The van der Waals surface area contributed by atoms with Crippen molar-refractivity contribution < 1.29 is 27.1 Å². The summed E-state index contributed by atoms with van der Waals surface area (Å²) in [4.78, 5) is 14.2. The molecular formula is C22H24N2O6S. The maximum absolute atomic E-state index is 12.6. The van der Waals surface area contributed by atoms with Gasteiger partial charge >= 0.3 is 0 Å². The van der Waals surface area contributed by atoms with E-state index in [-0.39, 0.29) is 24.0 Å². The molecule has 0 fully saturated rings. The number of carbonyl (C=O) groups excluding carboxylic acids is 1. The minimum atomic E-state index is -3.72. The fourth-order valence-corrected chi connectivity index (χ4v) is 3.79. The average molecular weight is 445 g/mol. The Morgan fingerprint density at radius 1 is 1.03 bits per heavy atom. The molecule has 1 heterocycles. The molecule has 31 heavy (non-hydrogen) atoms. The number of rotatable bonds is 10. The van der Waals surface area contributed by atoms with E-state index in [0.717, 1.165) is 0 Å². The lowest BCUT2D eigenvalue weighted by molar-refractivity contribution is 0.0773. The van der Waals surface area contributed by atoms with Gasteiger partial charge in [0.2, 0.25) is 10.0 Å². The Morgan fingerprint density at radius 2 is 1.74 bits per heavy atom. The number of hydrogen-bond acceptors (Lipinski definition) is 6. The second kappa shape index (κ2) is 10.1. The SMILES string of the molecule is COc1ccccc1OCCN(C)C(=O)c1ccc(S(=O)(=O)NCc2ccco2)cc1. The van der Waals surface area contributed by atoms with Crippen LogP contribution in [0.2, 0.25) is 0 Å². The molecule has 0 aliphatic heterocycles. The standard InChI is InChI=1S/C22H24N2O6S/c1-24(13-15-30-21-8-4-3-7-20(21)28-2)22(25)17-9-11-19(12-10-17)31(26,27)23-16-18-6-5-14-29-18/h3-12,14,23H,13,15-16H2,1-2H3. The van der Waals surface area contributed by atoms with Gasteiger partial charge in [0, 0.05) is 12.6 Å². The van der Waals surface area contributed by atoms with Crippen molar-refractivity contribution in [3.63, 3.8) is 0 Å². The Labute approximate surface area is 181 Å². The number of amides is 1. The molecule has 1 amide bonds. The number of likely N-dealkylation sites (N-methyl/N-ethyl adjacent to an activating group) is 1. The highest BCUT2D eigenvalue weighted by atomic mass is 32.2. The quantitative estimate of drug-likeness (QED) is 0.516. The number of furan rings is 1. The summed E-state index contributed by atoms with van der Waals surface area (Å²) < 4.78 is 43.3. The van der Waals surface area contributed by atoms with Gasteiger partial charge in [0.15, 0.2) is 11.5 Å². The second-order valence-electron chi connectivity index (χ2n) is 6.65. The highest BCUT2D eigenvalue weighted by Gasteiger charge is 2.17. The second-order valence-corrected chi connectivity index (χ2v) is 8.42. The van der Waals surface area contributed by atoms with Gasteiger partial charge in [0.1, 0.15) is 12.4 Å². The average Bonchev–Trinajstić information content (AvgIpc) is 3.31. The maximum Gasteiger partial charge on any atom is 0.253 e. The Hall–Kier alpha value is -3.30. The molecule has 1 N–H and O–H groups in total. The number of ether oxygens (including phenoxy) is 2. The Balaban J connectivity index is 1.55. The summed E-state index contributed by atoms with van der Waals surface area (Å²) >= 11 is 0. The molecule has 0 spiro atoms. The van der Waals surface area contributed by atoms with Crippen LogP contribution in [-0.2, 0) is 16.6 Å². The molecule has 2 aromatic carbocycles. The number of benzene rings is 2. The third kappa shape index (κ3) is 5.87. The van der Waals surface area contributed by atoms with Crippen molar-refractivity contribution in [2.45, 2.75) is 11.4 Å². The van der Waals surface area contributed by atoms with Crippen LogP contribution in [0.1, 0.15) is 16.1 Å². The number of nitrogens with zero attached hydrogens (tertiary/aromatic N) is 1. The highest BCUT2D eigenvalue weighted by Crippen LogP contribution is 2.25. The van der Waals surface area contributed by atoms with Crippen LogP contribution in [0.25, 0.3) is 0 Å². The fourth-order valence-electron chi connectivity index (χ4n) is 2.79. The molecule has 0 radical (unpaired) electrons. The van der Waals surface area contributed by atoms with Crippen LogP contribution in [0.5, 0.6) is 11.5 Å². The summed E-state index contributed by atoms with van der Waals surface area (Å²) in [5, 5.41) is 0. The van der Waals surface area contributed by atoms with Crippen LogP contribution < -0.4 is 14.2 Å². The summed E-state index contributed by atoms with van der Waals surface area (Å²) in [5.41, 5.74) is 0.379. The molecule has 0 saturated heterocycles. The molecule has 1 aromatic heterocycles. The predicted octanol–water partition coefficient (Wildman–Crippen LogP) is 2.92. The van der Waals surface area contributed by atoms with Crippen molar-refractivity contribution in [3.05, 3.63) is 78.3 Å². The van der Waals surface area contributed by atoms with E-state index in [1.165, 1.54) is 35.4 Å². The van der Waals surface area contributed by atoms with Crippen LogP contribution in [-0.4, -0.2) is 46.5 Å². The third-order valence-electron chi connectivity index (χ3n) is 4.53. The minimum absolute atomic E-state index is 0.0466. The van der Waals surface area contributed by atoms with Crippen molar-refractivity contribution in [2.24, 2.45) is 0 Å². The van der Waals surface area contributed by atoms with E-state index in [1.807, 2.05) is 12.1 Å². The van der Waals surface area contributed by atoms with Gasteiger partial charge in [-0.3, -0.25) is 4.79 Å². The molecule has 0 aliphatic rings. The van der Waals surface area contributed by atoms with Gasteiger partial charge in [-0.1, -0.05) is 12.1 Å². The fraction of sp³-hybridized carbons (Fsp3) is 0.227. The van der Waals surface area contributed by atoms with Crippen LogP contribution in [0.4, 0.5) is 0 Å². The molecule has 0 aliphatic carbocycles. The van der Waals surface area contributed by atoms with Crippen molar-refractivity contribution in [1.29, 1.82) is 0 Å². The van der Waals surface area contributed by atoms with Gasteiger partial charge in [-0.25, -0.2) is 13.1 Å². The molecule has 0 unspecified atom stereocenters. The molecule has 9 heteroatoms. The zero-order valence-electron chi connectivity index (χ0n) is 17.3. The van der Waals surface area contributed by atoms with E-state index in [2.05, 4.69) is 4.72 Å². The van der Waals surface area contributed by atoms with E-state index < -0.39 is 10.0 Å². The Morgan fingerprint density at radius 3 is 2.39 bits per heavy atom. The zero-order chi connectivity index (χ0) is 22.3. The summed E-state index contributed by atoms with van der Waals surface area (Å²) in [6.45, 7) is 0.679. The van der Waals surface area contributed by atoms with Gasteiger partial charge in [0.05, 0.1) is 31.4 Å². The molecular weight excluding hydrogens is 420 g/mol. The summed E-state index contributed by atoms with van der Waals surface area (Å²) in [5.74, 6) is 1.49. The lowest BCUT2D eigenvalue weighted by atomic mass is 10.2. The summed E-state index contributed by atoms with van der Waals surface area (Å²) in [7, 11) is -0.497. The molecule has 0 atom stereocenters. The molecule has 3 rings (SSSR count). The first-order valence-electron chi connectivity index (χ1n) is 9.54. The summed E-state index contributed by atoms with van der Waals surface area (Å²) in [6.07, 6.45) is 1.47. The number of methoxy groups -OCH3 is 1. The predicted molar refractivity (Wildman–Crippen MR) is 115 cm³/mol. The van der Waals surface area contributed by atoms with E-state index >= 15 is 0 Å². The number of nitrogens with one attached hydrogen (secondary N) is 1. The highest BCUT2D eigenvalue weighted by molar-refractivity contribution is 7.89. The van der Waals surface area contributed by atoms with Crippen LogP contribution >= 0.6 is 0 Å². The van der Waals surface area contributed by atoms with Gasteiger partial charge < -0.3 is 18.8 Å². The first kappa shape index (κ1) is 22.4. The van der Waals surface area contributed by atoms with Gasteiger partial charge in [-0.15, -0.1) is 0 Å². The lowest BCUT2D eigenvalue weighted by Gasteiger charge is -2.18. The smallest absolute Gasteiger partial charge is 0.253 e. The van der Waals surface area contributed by atoms with Gasteiger partial charge in [-0.2, -0.15) is 0 Å². The Kier molecular flexibility index (Phi) is 7.32. The van der Waals surface area contributed by atoms with Crippen molar-refractivity contribution >= 4 is 15.9 Å². The van der Waals surface area contributed by atoms with E-state index in [9.17, 15) is 13.2 Å². The van der Waals surface area contributed by atoms with Crippen LogP contribution in [0, 0.1) is 0 Å². The molecule has 164 valence electrons. The van der Waals surface area contributed by atoms with E-state index in [0.29, 0.717) is 29.4 Å².